The normalized spacial score (nSPS) is 13.1. The van der Waals surface area contributed by atoms with E-state index in [9.17, 15) is 0 Å². The number of fused-ring (bicyclic) bond motifs is 5. The summed E-state index contributed by atoms with van der Waals surface area (Å²) in [6, 6.07) is 70.7. The van der Waals surface area contributed by atoms with E-state index in [0.717, 1.165) is 17.1 Å². The van der Waals surface area contributed by atoms with Crippen LogP contribution >= 0.6 is 11.3 Å². The van der Waals surface area contributed by atoms with Gasteiger partial charge in [0.1, 0.15) is 0 Å². The molecule has 258 valence electrons. The summed E-state index contributed by atoms with van der Waals surface area (Å²) in [7, 11) is 0. The lowest BCUT2D eigenvalue weighted by Crippen LogP contribution is -2.30. The Morgan fingerprint density at radius 1 is 0.444 bits per heavy atom. The minimum absolute atomic E-state index is 0.117. The Balaban J connectivity index is 1.12. The molecule has 9 aromatic rings. The number of nitrogens with zero attached hydrogens (tertiary/aromatic N) is 2. The van der Waals surface area contributed by atoms with Crippen molar-refractivity contribution in [3.8, 4) is 22.3 Å². The summed E-state index contributed by atoms with van der Waals surface area (Å²) >= 11 is 1.88. The van der Waals surface area contributed by atoms with E-state index in [1.807, 2.05) is 11.3 Å². The minimum Gasteiger partial charge on any atom is -0.311 e. The number of hydrogen-bond donors (Lipinski definition) is 0. The van der Waals surface area contributed by atoms with Crippen LogP contribution in [0.4, 0.5) is 34.1 Å². The molecule has 1 aliphatic rings. The zero-order valence-corrected chi connectivity index (χ0v) is 31.1. The predicted molar refractivity (Wildman–Crippen MR) is 232 cm³/mol. The van der Waals surface area contributed by atoms with Gasteiger partial charge < -0.3 is 9.80 Å². The van der Waals surface area contributed by atoms with Gasteiger partial charge in [-0.1, -0.05) is 141 Å². The molecule has 8 aromatic carbocycles. The fourth-order valence-electron chi connectivity index (χ4n) is 8.35. The van der Waals surface area contributed by atoms with E-state index < -0.39 is 0 Å². The molecule has 0 radical (unpaired) electrons. The number of anilines is 6. The first-order valence-electron chi connectivity index (χ1n) is 18.6. The van der Waals surface area contributed by atoms with Gasteiger partial charge in [-0.3, -0.25) is 0 Å². The van der Waals surface area contributed by atoms with E-state index in [-0.39, 0.29) is 5.41 Å². The minimum atomic E-state index is -0.117. The van der Waals surface area contributed by atoms with Crippen LogP contribution in [0.3, 0.4) is 0 Å². The highest BCUT2D eigenvalue weighted by Gasteiger charge is 2.36. The van der Waals surface area contributed by atoms with Gasteiger partial charge >= 0.3 is 0 Å². The van der Waals surface area contributed by atoms with Crippen molar-refractivity contribution >= 4 is 65.6 Å². The smallest absolute Gasteiger partial charge is 0.0502 e. The number of thiophene rings is 1. The fraction of sp³-hybridized carbons (Fsp3) is 0.0588. The van der Waals surface area contributed by atoms with Crippen LogP contribution < -0.4 is 9.80 Å². The third-order valence-corrected chi connectivity index (χ3v) is 12.3. The van der Waals surface area contributed by atoms with Crippen molar-refractivity contribution in [1.29, 1.82) is 0 Å². The summed E-state index contributed by atoms with van der Waals surface area (Å²) in [5.41, 5.74) is 14.4. The average Bonchev–Trinajstić information content (AvgIpc) is 3.61. The molecule has 2 heterocycles. The topological polar surface area (TPSA) is 6.48 Å². The van der Waals surface area contributed by atoms with Gasteiger partial charge in [-0.05, 0) is 94.5 Å². The second-order valence-corrected chi connectivity index (χ2v) is 15.6. The maximum absolute atomic E-state index is 2.48. The van der Waals surface area contributed by atoms with Gasteiger partial charge in [0.05, 0.1) is 11.4 Å². The van der Waals surface area contributed by atoms with E-state index in [4.69, 9.17) is 0 Å². The van der Waals surface area contributed by atoms with Gasteiger partial charge in [0.2, 0.25) is 0 Å². The predicted octanol–water partition coefficient (Wildman–Crippen LogP) is 15.0. The lowest BCUT2D eigenvalue weighted by molar-refractivity contribution is 0.632. The van der Waals surface area contributed by atoms with Crippen molar-refractivity contribution in [2.24, 2.45) is 0 Å². The monoisotopic (exact) mass is 710 g/mol. The Labute approximate surface area is 320 Å². The Hall–Kier alpha value is -6.42. The molecule has 0 unspecified atom stereocenters. The number of hydrogen-bond acceptors (Lipinski definition) is 3. The summed E-state index contributed by atoms with van der Waals surface area (Å²) in [4.78, 5) is 4.82. The molecule has 1 aliphatic heterocycles. The SMILES string of the molecule is CC1(C)c2ccccc2N(c2cc(-c3ccc(N(c4ccccc4)c4ccc(-c5ccccc5)cc4)cc3)c3sc4ccccc4c3c2)c2ccccc21. The molecule has 3 heteroatoms. The van der Waals surface area contributed by atoms with Crippen LogP contribution in [-0.4, -0.2) is 0 Å². The number of para-hydroxylation sites is 3. The quantitative estimate of drug-likeness (QED) is 0.169. The lowest BCUT2D eigenvalue weighted by Gasteiger charge is -2.42. The van der Waals surface area contributed by atoms with Crippen LogP contribution in [0.2, 0.25) is 0 Å². The van der Waals surface area contributed by atoms with Crippen molar-refractivity contribution < 1.29 is 0 Å². The highest BCUT2D eigenvalue weighted by Crippen LogP contribution is 2.53. The third-order valence-electron chi connectivity index (χ3n) is 11.0. The zero-order chi connectivity index (χ0) is 36.2. The number of rotatable bonds is 6. The Kier molecular flexibility index (Phi) is 7.71. The van der Waals surface area contributed by atoms with Gasteiger partial charge in [-0.15, -0.1) is 11.3 Å². The molecular formula is C51H38N2S. The molecule has 0 N–H and O–H groups in total. The highest BCUT2D eigenvalue weighted by molar-refractivity contribution is 7.26. The van der Waals surface area contributed by atoms with Crippen molar-refractivity contribution in [2.45, 2.75) is 19.3 Å². The molecule has 0 amide bonds. The Morgan fingerprint density at radius 2 is 0.944 bits per heavy atom. The Morgan fingerprint density at radius 3 is 1.59 bits per heavy atom. The standard InChI is InChI=1S/C51H38N2S/c1-51(2)45-20-10-12-22-47(45)53(48-23-13-11-21-46(48)51)41-33-43(50-44(34-41)42-19-9-14-24-49(42)54-50)37-27-31-40(32-28-37)52(38-17-7-4-8-18-38)39-29-25-36(26-30-39)35-15-5-3-6-16-35/h3-34H,1-2H3. The molecule has 2 nitrogen and oxygen atoms in total. The molecule has 0 saturated heterocycles. The highest BCUT2D eigenvalue weighted by atomic mass is 32.1. The summed E-state index contributed by atoms with van der Waals surface area (Å²) in [5, 5.41) is 2.58. The van der Waals surface area contributed by atoms with E-state index in [0.29, 0.717) is 0 Å². The lowest BCUT2D eigenvalue weighted by atomic mass is 9.73. The molecule has 10 rings (SSSR count). The van der Waals surface area contributed by atoms with E-state index in [2.05, 4.69) is 218 Å². The number of benzene rings is 8. The summed E-state index contributed by atoms with van der Waals surface area (Å²) in [6.07, 6.45) is 0. The van der Waals surface area contributed by atoms with Crippen molar-refractivity contribution in [3.63, 3.8) is 0 Å². The van der Waals surface area contributed by atoms with E-state index >= 15 is 0 Å². The summed E-state index contributed by atoms with van der Waals surface area (Å²) < 4.78 is 2.61. The van der Waals surface area contributed by atoms with Crippen LogP contribution in [0.5, 0.6) is 0 Å². The van der Waals surface area contributed by atoms with Gasteiger partial charge in [0.25, 0.3) is 0 Å². The molecule has 0 saturated carbocycles. The first-order chi connectivity index (χ1) is 26.5. The van der Waals surface area contributed by atoms with E-state index in [1.54, 1.807) is 0 Å². The van der Waals surface area contributed by atoms with Gasteiger partial charge in [-0.25, -0.2) is 0 Å². The molecule has 0 bridgehead atoms. The molecule has 0 atom stereocenters. The molecule has 0 spiro atoms. The van der Waals surface area contributed by atoms with Crippen LogP contribution in [0.1, 0.15) is 25.0 Å². The van der Waals surface area contributed by atoms with Crippen LogP contribution in [0.15, 0.2) is 194 Å². The van der Waals surface area contributed by atoms with Crippen molar-refractivity contribution in [2.75, 3.05) is 9.80 Å². The molecule has 0 fully saturated rings. The largest absolute Gasteiger partial charge is 0.311 e. The molecule has 54 heavy (non-hydrogen) atoms. The fourth-order valence-corrected chi connectivity index (χ4v) is 9.57. The first-order valence-corrected chi connectivity index (χ1v) is 19.4. The van der Waals surface area contributed by atoms with E-state index in [1.165, 1.54) is 70.6 Å². The first kappa shape index (κ1) is 32.2. The second-order valence-electron chi connectivity index (χ2n) is 14.6. The third kappa shape index (κ3) is 5.31. The van der Waals surface area contributed by atoms with Crippen LogP contribution in [0, 0.1) is 0 Å². The Bertz CT molecular complexity index is 2730. The molecule has 1 aromatic heterocycles. The van der Waals surface area contributed by atoms with Gasteiger partial charge in [0.15, 0.2) is 0 Å². The maximum Gasteiger partial charge on any atom is 0.0502 e. The van der Waals surface area contributed by atoms with Crippen LogP contribution in [0.25, 0.3) is 42.4 Å². The average molecular weight is 711 g/mol. The zero-order valence-electron chi connectivity index (χ0n) is 30.3. The summed E-state index contributed by atoms with van der Waals surface area (Å²) in [6.45, 7) is 4.70. The molecule has 0 aliphatic carbocycles. The maximum atomic E-state index is 2.48. The van der Waals surface area contributed by atoms with Gasteiger partial charge in [-0.2, -0.15) is 0 Å². The molecular weight excluding hydrogens is 673 g/mol. The second kappa shape index (κ2) is 12.9. The van der Waals surface area contributed by atoms with Crippen molar-refractivity contribution in [1.82, 2.24) is 0 Å². The van der Waals surface area contributed by atoms with Crippen LogP contribution in [-0.2, 0) is 5.41 Å². The summed E-state index contributed by atoms with van der Waals surface area (Å²) in [5.74, 6) is 0. The van der Waals surface area contributed by atoms with Gasteiger partial charge in [0, 0.05) is 53.9 Å². The van der Waals surface area contributed by atoms with Crippen molar-refractivity contribution in [3.05, 3.63) is 205 Å².